The van der Waals surface area contributed by atoms with E-state index in [1.54, 1.807) is 0 Å². The topological polar surface area (TPSA) is 70.7 Å². The third kappa shape index (κ3) is 5.31. The Morgan fingerprint density at radius 2 is 1.63 bits per heavy atom. The smallest absolute Gasteiger partial charge is 0.251 e. The number of anilines is 2. The van der Waals surface area contributed by atoms with Crippen LogP contribution in [0.1, 0.15) is 21.5 Å². The molecule has 1 aliphatic heterocycles. The van der Waals surface area contributed by atoms with Crippen LogP contribution in [-0.2, 0) is 9.53 Å². The number of carbonyl (C=O) groups excluding carboxylic acids is 2. The summed E-state index contributed by atoms with van der Waals surface area (Å²) in [5.41, 5.74) is 4.42. The number of morpholine rings is 1. The molecule has 0 atom stereocenters. The Hall–Kier alpha value is -2.86. The molecular weight excluding hydrogens is 342 g/mol. The summed E-state index contributed by atoms with van der Waals surface area (Å²) >= 11 is 0. The van der Waals surface area contributed by atoms with Gasteiger partial charge in [-0.2, -0.15) is 0 Å². The van der Waals surface area contributed by atoms with E-state index in [2.05, 4.69) is 15.5 Å². The Bertz CT molecular complexity index is 792. The molecule has 0 bridgehead atoms. The number of nitrogens with one attached hydrogen (secondary N) is 2. The largest absolute Gasteiger partial charge is 0.378 e. The van der Waals surface area contributed by atoms with E-state index in [0.29, 0.717) is 11.3 Å². The van der Waals surface area contributed by atoms with Crippen LogP contribution in [0, 0.1) is 13.8 Å². The highest BCUT2D eigenvalue weighted by atomic mass is 16.5. The Kier molecular flexibility index (Phi) is 6.08. The van der Waals surface area contributed by atoms with Gasteiger partial charge in [-0.15, -0.1) is 0 Å². The predicted octanol–water partition coefficient (Wildman–Crippen LogP) is 2.51. The first kappa shape index (κ1) is 18.9. The first-order valence-corrected chi connectivity index (χ1v) is 9.10. The van der Waals surface area contributed by atoms with Gasteiger partial charge in [0.1, 0.15) is 0 Å². The van der Waals surface area contributed by atoms with Gasteiger partial charge >= 0.3 is 0 Å². The number of hydrogen-bond donors (Lipinski definition) is 2. The standard InChI is InChI=1S/C21H25N3O3/c1-15-11-16(2)13-17(12-15)21(26)22-14-20(25)23-18-3-5-19(6-4-18)24-7-9-27-10-8-24/h3-6,11-13H,7-10,14H2,1-2H3,(H,22,26)(H,23,25). The molecule has 2 amide bonds. The van der Waals surface area contributed by atoms with Crippen LogP contribution in [0.2, 0.25) is 0 Å². The summed E-state index contributed by atoms with van der Waals surface area (Å²) < 4.78 is 5.36. The third-order valence-corrected chi connectivity index (χ3v) is 4.42. The van der Waals surface area contributed by atoms with Gasteiger partial charge in [-0.25, -0.2) is 0 Å². The molecule has 1 aliphatic rings. The fourth-order valence-corrected chi connectivity index (χ4v) is 3.15. The maximum atomic E-state index is 12.2. The molecule has 3 rings (SSSR count). The molecule has 1 fully saturated rings. The van der Waals surface area contributed by atoms with Crippen molar-refractivity contribution in [3.63, 3.8) is 0 Å². The van der Waals surface area contributed by atoms with Crippen LogP contribution in [0.5, 0.6) is 0 Å². The molecule has 0 aliphatic carbocycles. The molecule has 0 saturated carbocycles. The Balaban J connectivity index is 1.50. The molecule has 0 spiro atoms. The number of benzene rings is 2. The normalized spacial score (nSPS) is 13.9. The van der Waals surface area contributed by atoms with Gasteiger partial charge < -0.3 is 20.3 Å². The number of ether oxygens (including phenoxy) is 1. The molecule has 6 nitrogen and oxygen atoms in total. The third-order valence-electron chi connectivity index (χ3n) is 4.42. The fraction of sp³-hybridized carbons (Fsp3) is 0.333. The van der Waals surface area contributed by atoms with E-state index < -0.39 is 0 Å². The van der Waals surface area contributed by atoms with Gasteiger partial charge in [-0.05, 0) is 50.2 Å². The van der Waals surface area contributed by atoms with Gasteiger partial charge in [0.05, 0.1) is 19.8 Å². The molecule has 6 heteroatoms. The Morgan fingerprint density at radius 1 is 1.00 bits per heavy atom. The minimum absolute atomic E-state index is 0.0724. The van der Waals surface area contributed by atoms with Gasteiger partial charge in [-0.1, -0.05) is 17.2 Å². The summed E-state index contributed by atoms with van der Waals surface area (Å²) in [6.45, 7) is 7.02. The molecule has 2 aromatic carbocycles. The highest BCUT2D eigenvalue weighted by Crippen LogP contribution is 2.19. The lowest BCUT2D eigenvalue weighted by Crippen LogP contribution is -2.36. The van der Waals surface area contributed by atoms with E-state index in [1.807, 2.05) is 56.3 Å². The van der Waals surface area contributed by atoms with Crippen LogP contribution in [0.25, 0.3) is 0 Å². The Morgan fingerprint density at radius 3 is 2.26 bits per heavy atom. The molecule has 0 aromatic heterocycles. The number of aryl methyl sites for hydroxylation is 2. The van der Waals surface area contributed by atoms with E-state index in [9.17, 15) is 9.59 Å². The number of rotatable bonds is 5. The van der Waals surface area contributed by atoms with Crippen LogP contribution >= 0.6 is 0 Å². The van der Waals surface area contributed by atoms with Crippen molar-refractivity contribution in [1.29, 1.82) is 0 Å². The van der Waals surface area contributed by atoms with Crippen molar-refractivity contribution in [3.05, 3.63) is 59.2 Å². The average molecular weight is 367 g/mol. The molecule has 2 N–H and O–H groups in total. The van der Waals surface area contributed by atoms with Gasteiger partial charge in [0, 0.05) is 30.0 Å². The zero-order valence-corrected chi connectivity index (χ0v) is 15.7. The molecule has 0 radical (unpaired) electrons. The summed E-state index contributed by atoms with van der Waals surface area (Å²) in [7, 11) is 0. The highest BCUT2D eigenvalue weighted by molar-refractivity contribution is 5.99. The quantitative estimate of drug-likeness (QED) is 0.852. The van der Waals surface area contributed by atoms with Crippen molar-refractivity contribution in [3.8, 4) is 0 Å². The minimum atomic E-state index is -0.258. The lowest BCUT2D eigenvalue weighted by molar-refractivity contribution is -0.115. The maximum Gasteiger partial charge on any atom is 0.251 e. The van der Waals surface area contributed by atoms with Gasteiger partial charge in [0.25, 0.3) is 5.91 Å². The monoisotopic (exact) mass is 367 g/mol. The Labute approximate surface area is 159 Å². The minimum Gasteiger partial charge on any atom is -0.378 e. The zero-order valence-electron chi connectivity index (χ0n) is 15.7. The summed E-state index contributed by atoms with van der Waals surface area (Å²) in [4.78, 5) is 26.6. The summed E-state index contributed by atoms with van der Waals surface area (Å²) in [6.07, 6.45) is 0. The summed E-state index contributed by atoms with van der Waals surface area (Å²) in [6, 6.07) is 13.3. The maximum absolute atomic E-state index is 12.2. The van der Waals surface area contributed by atoms with Crippen LogP contribution < -0.4 is 15.5 Å². The zero-order chi connectivity index (χ0) is 19.2. The van der Waals surface area contributed by atoms with E-state index >= 15 is 0 Å². The van der Waals surface area contributed by atoms with Gasteiger partial charge in [-0.3, -0.25) is 9.59 Å². The van der Waals surface area contributed by atoms with E-state index in [1.165, 1.54) is 0 Å². The summed E-state index contributed by atoms with van der Waals surface area (Å²) in [5, 5.41) is 5.47. The van der Waals surface area contributed by atoms with Crippen molar-refractivity contribution < 1.29 is 14.3 Å². The van der Waals surface area contributed by atoms with E-state index in [0.717, 1.165) is 43.1 Å². The van der Waals surface area contributed by atoms with Crippen molar-refractivity contribution in [2.45, 2.75) is 13.8 Å². The van der Waals surface area contributed by atoms with Crippen LogP contribution in [-0.4, -0.2) is 44.7 Å². The molecular formula is C21H25N3O3. The van der Waals surface area contributed by atoms with Crippen LogP contribution in [0.15, 0.2) is 42.5 Å². The van der Waals surface area contributed by atoms with Crippen molar-refractivity contribution in [1.82, 2.24) is 5.32 Å². The predicted molar refractivity (Wildman–Crippen MR) is 106 cm³/mol. The first-order valence-electron chi connectivity index (χ1n) is 9.10. The van der Waals surface area contributed by atoms with Gasteiger partial charge in [0.2, 0.25) is 5.91 Å². The van der Waals surface area contributed by atoms with E-state index in [4.69, 9.17) is 4.74 Å². The average Bonchev–Trinajstić information content (AvgIpc) is 2.66. The first-order chi connectivity index (χ1) is 13.0. The number of nitrogens with zero attached hydrogens (tertiary/aromatic N) is 1. The van der Waals surface area contributed by atoms with Crippen LogP contribution in [0.3, 0.4) is 0 Å². The fourth-order valence-electron chi connectivity index (χ4n) is 3.15. The molecule has 27 heavy (non-hydrogen) atoms. The summed E-state index contributed by atoms with van der Waals surface area (Å²) in [5.74, 6) is -0.508. The molecule has 2 aromatic rings. The SMILES string of the molecule is Cc1cc(C)cc(C(=O)NCC(=O)Nc2ccc(N3CCOCC3)cc2)c1. The molecule has 0 unspecified atom stereocenters. The van der Waals surface area contributed by atoms with E-state index in [-0.39, 0.29) is 18.4 Å². The second-order valence-electron chi connectivity index (χ2n) is 6.75. The lowest BCUT2D eigenvalue weighted by Gasteiger charge is -2.28. The number of amides is 2. The second-order valence-corrected chi connectivity index (χ2v) is 6.75. The van der Waals surface area contributed by atoms with Crippen molar-refractivity contribution in [2.24, 2.45) is 0 Å². The second kappa shape index (κ2) is 8.68. The lowest BCUT2D eigenvalue weighted by atomic mass is 10.1. The number of carbonyl (C=O) groups is 2. The van der Waals surface area contributed by atoms with Crippen molar-refractivity contribution >= 4 is 23.2 Å². The van der Waals surface area contributed by atoms with Crippen LogP contribution in [0.4, 0.5) is 11.4 Å². The molecule has 142 valence electrons. The molecule has 1 saturated heterocycles. The van der Waals surface area contributed by atoms with Gasteiger partial charge in [0.15, 0.2) is 0 Å². The molecule has 1 heterocycles. The number of hydrogen-bond acceptors (Lipinski definition) is 4. The highest BCUT2D eigenvalue weighted by Gasteiger charge is 2.12. The van der Waals surface area contributed by atoms with Crippen molar-refractivity contribution in [2.75, 3.05) is 43.1 Å².